The smallest absolute Gasteiger partial charge is 0.0727 e. The fourth-order valence-electron chi connectivity index (χ4n) is 14.6. The molecule has 20 rings (SSSR count). The second kappa shape index (κ2) is 22.4. The molecule has 0 saturated carbocycles. The molecule has 94 heavy (non-hydrogen) atoms. The summed E-state index contributed by atoms with van der Waals surface area (Å²) in [4.78, 5) is 0. The van der Waals surface area contributed by atoms with Crippen LogP contribution in [0.5, 0.6) is 0 Å². The molecule has 20 aromatic rings. The molecule has 0 N–H and O–H groups in total. The van der Waals surface area contributed by atoms with Gasteiger partial charge in [0, 0.05) is 82.7 Å². The summed E-state index contributed by atoms with van der Waals surface area (Å²) in [6, 6.07) is 120. The van der Waals surface area contributed by atoms with Crippen LogP contribution < -0.4 is 0 Å². The van der Waals surface area contributed by atoms with Gasteiger partial charge in [-0.25, -0.2) is 0 Å². The lowest BCUT2D eigenvalue weighted by atomic mass is 9.95. The average molecular weight is 1270 g/mol. The number of fused-ring (bicyclic) bond motifs is 16. The predicted octanol–water partition coefficient (Wildman–Crippen LogP) is 26.7. The summed E-state index contributed by atoms with van der Waals surface area (Å²) >= 11 is 7.62. The second-order valence-electron chi connectivity index (χ2n) is 24.2. The van der Waals surface area contributed by atoms with Crippen molar-refractivity contribution in [2.24, 2.45) is 0 Å². The molecule has 0 aliphatic rings. The third kappa shape index (κ3) is 8.86. The van der Waals surface area contributed by atoms with Gasteiger partial charge >= 0.3 is 0 Å². The van der Waals surface area contributed by atoms with E-state index in [0.29, 0.717) is 0 Å². The van der Waals surface area contributed by atoms with E-state index in [1.54, 1.807) is 0 Å². The molecule has 0 saturated heterocycles. The van der Waals surface area contributed by atoms with E-state index in [4.69, 9.17) is 0 Å². The maximum absolute atomic E-state index is 2.44. The number of rotatable bonds is 8. The highest BCUT2D eigenvalue weighted by Crippen LogP contribution is 2.50. The molecule has 6 heteroatoms. The quantitative estimate of drug-likeness (QED) is 0.143. The van der Waals surface area contributed by atoms with E-state index in [0.717, 1.165) is 0 Å². The van der Waals surface area contributed by atoms with Gasteiger partial charge in [0.2, 0.25) is 0 Å². The minimum absolute atomic E-state index is 1.19. The van der Waals surface area contributed by atoms with Gasteiger partial charge in [0.25, 0.3) is 0 Å². The molecule has 0 fully saturated rings. The highest BCUT2D eigenvalue weighted by molar-refractivity contribution is 7.28. The van der Waals surface area contributed by atoms with Crippen LogP contribution in [0, 0.1) is 0 Å². The van der Waals surface area contributed by atoms with Crippen molar-refractivity contribution in [2.45, 2.75) is 0 Å². The summed E-state index contributed by atoms with van der Waals surface area (Å²) < 4.78 is 15.6. The van der Waals surface area contributed by atoms with Crippen LogP contribution in [-0.4, -0.2) is 9.13 Å². The molecule has 0 radical (unpaired) electrons. The van der Waals surface area contributed by atoms with Crippen LogP contribution >= 0.6 is 45.3 Å². The molecule has 6 aromatic heterocycles. The minimum atomic E-state index is 1.19. The largest absolute Gasteiger partial charge is 0.308 e. The first-order valence-corrected chi connectivity index (χ1v) is 35.1. The Hall–Kier alpha value is -11.0. The van der Waals surface area contributed by atoms with Crippen LogP contribution in [0.25, 0.3) is 181 Å². The molecule has 0 aliphatic carbocycles. The first-order valence-electron chi connectivity index (χ1n) is 31.9. The standard InChI is InChI=1S/2C44H27NS2/c1-3-13-28(14-4-1)33-21-10-23-36-40-32(20-12-26-39(40)46-42(33)36)29-15-9-16-30(27-29)34-22-11-24-37-41-44(47-43(34)37)35-19-7-8-25-38(35)45(41)31-17-5-2-6-18-31;1-3-12-28(13-4-1)29-24-25-40-38(27-29)35-21-10-19-33(42(35)46-40)30-14-9-15-31(26-30)34-20-11-22-37-41-44(47-43(34)37)36-18-7-8-23-39(36)45(41)32-16-5-2-6-17-32/h2*1-27H. The van der Waals surface area contributed by atoms with Crippen molar-refractivity contribution in [3.8, 4) is 78.1 Å². The molecular weight excluding hydrogens is 1210 g/mol. The third-order valence-corrected chi connectivity index (χ3v) is 23.8. The molecule has 0 aliphatic heterocycles. The zero-order valence-corrected chi connectivity index (χ0v) is 54.0. The Bertz CT molecular complexity index is 6340. The molecule has 0 unspecified atom stereocenters. The van der Waals surface area contributed by atoms with Gasteiger partial charge in [-0.1, -0.05) is 261 Å². The van der Waals surface area contributed by atoms with Crippen molar-refractivity contribution in [1.82, 2.24) is 9.13 Å². The number of nitrogens with zero attached hydrogens (tertiary/aromatic N) is 2. The van der Waals surface area contributed by atoms with E-state index in [-0.39, 0.29) is 0 Å². The Morgan fingerprint density at radius 2 is 0.564 bits per heavy atom. The minimum Gasteiger partial charge on any atom is -0.308 e. The summed E-state index contributed by atoms with van der Waals surface area (Å²) in [5, 5.41) is 10.5. The number of thiophene rings is 4. The SMILES string of the molecule is c1ccc(-c2ccc3sc4c(-c5cccc(-c6cccc7c6sc6c8ccccc8n(-c8ccccc8)c76)c5)cccc4c3c2)cc1.c1ccc(-c2cccc3c2sc2cccc(-c4cccc(-c5cccc6c5sc5c7ccccc7n(-c7ccccc7)c65)c4)c23)cc1. The van der Waals surface area contributed by atoms with Crippen LogP contribution in [0.1, 0.15) is 0 Å². The van der Waals surface area contributed by atoms with Crippen molar-refractivity contribution in [3.63, 3.8) is 0 Å². The van der Waals surface area contributed by atoms with E-state index in [1.807, 2.05) is 45.3 Å². The Morgan fingerprint density at radius 1 is 0.191 bits per heavy atom. The fourth-order valence-corrected chi connectivity index (χ4v) is 19.8. The van der Waals surface area contributed by atoms with Crippen molar-refractivity contribution < 1.29 is 0 Å². The highest BCUT2D eigenvalue weighted by atomic mass is 32.1. The van der Waals surface area contributed by atoms with Gasteiger partial charge < -0.3 is 9.13 Å². The van der Waals surface area contributed by atoms with Gasteiger partial charge in [-0.3, -0.25) is 0 Å². The van der Waals surface area contributed by atoms with Crippen LogP contribution in [0.2, 0.25) is 0 Å². The van der Waals surface area contributed by atoms with Gasteiger partial charge in [0.05, 0.1) is 31.5 Å². The van der Waals surface area contributed by atoms with E-state index in [2.05, 4.69) is 337 Å². The van der Waals surface area contributed by atoms with Crippen molar-refractivity contribution in [3.05, 3.63) is 328 Å². The zero-order chi connectivity index (χ0) is 61.8. The van der Waals surface area contributed by atoms with Crippen LogP contribution in [-0.2, 0) is 0 Å². The third-order valence-electron chi connectivity index (χ3n) is 18.8. The summed E-state index contributed by atoms with van der Waals surface area (Å²) in [6.45, 7) is 0. The molecule has 14 aromatic carbocycles. The normalized spacial score (nSPS) is 11.8. The van der Waals surface area contributed by atoms with E-state index in [9.17, 15) is 0 Å². The number of aromatic nitrogens is 2. The summed E-state index contributed by atoms with van der Waals surface area (Å²) in [7, 11) is 0. The molecule has 0 bridgehead atoms. The highest BCUT2D eigenvalue weighted by Gasteiger charge is 2.23. The first-order chi connectivity index (χ1) is 46.6. The molecule has 0 amide bonds. The molecule has 440 valence electrons. The Labute approximate surface area is 558 Å². The number of hydrogen-bond donors (Lipinski definition) is 0. The summed E-state index contributed by atoms with van der Waals surface area (Å²) in [6.07, 6.45) is 0. The summed E-state index contributed by atoms with van der Waals surface area (Å²) in [5.41, 5.74) is 22.7. The Kier molecular flexibility index (Phi) is 13.1. The van der Waals surface area contributed by atoms with Crippen molar-refractivity contribution in [1.29, 1.82) is 0 Å². The topological polar surface area (TPSA) is 9.86 Å². The maximum Gasteiger partial charge on any atom is 0.0727 e. The summed E-state index contributed by atoms with van der Waals surface area (Å²) in [5.74, 6) is 0. The second-order valence-corrected chi connectivity index (χ2v) is 28.3. The monoisotopic (exact) mass is 1270 g/mol. The lowest BCUT2D eigenvalue weighted by Gasteiger charge is -2.10. The van der Waals surface area contributed by atoms with Crippen LogP contribution in [0.15, 0.2) is 328 Å². The predicted molar refractivity (Wildman–Crippen MR) is 411 cm³/mol. The molecule has 2 nitrogen and oxygen atoms in total. The number of hydrogen-bond acceptors (Lipinski definition) is 4. The van der Waals surface area contributed by atoms with Gasteiger partial charge in [0.1, 0.15) is 0 Å². The lowest BCUT2D eigenvalue weighted by molar-refractivity contribution is 1.19. The van der Waals surface area contributed by atoms with Crippen molar-refractivity contribution >= 4 is 148 Å². The van der Waals surface area contributed by atoms with Gasteiger partial charge in [0.15, 0.2) is 0 Å². The average Bonchev–Trinajstić information content (AvgIpc) is 1.57. The van der Waals surface area contributed by atoms with Crippen molar-refractivity contribution in [2.75, 3.05) is 0 Å². The van der Waals surface area contributed by atoms with E-state index >= 15 is 0 Å². The zero-order valence-electron chi connectivity index (χ0n) is 50.7. The van der Waals surface area contributed by atoms with Gasteiger partial charge in [-0.05, 0) is 133 Å². The van der Waals surface area contributed by atoms with Gasteiger partial charge in [-0.15, -0.1) is 45.3 Å². The maximum atomic E-state index is 2.44. The lowest BCUT2D eigenvalue weighted by Crippen LogP contribution is -1.92. The van der Waals surface area contributed by atoms with Gasteiger partial charge in [-0.2, -0.15) is 0 Å². The van der Waals surface area contributed by atoms with E-state index in [1.165, 1.54) is 181 Å². The number of benzene rings is 14. The number of para-hydroxylation sites is 4. The van der Waals surface area contributed by atoms with E-state index < -0.39 is 0 Å². The molecule has 0 spiro atoms. The first kappa shape index (κ1) is 54.7. The molecule has 6 heterocycles. The molecule has 0 atom stereocenters. The molecular formula is C88H54N2S4. The van der Waals surface area contributed by atoms with Crippen LogP contribution in [0.4, 0.5) is 0 Å². The Balaban J connectivity index is 0.000000133. The van der Waals surface area contributed by atoms with Crippen LogP contribution in [0.3, 0.4) is 0 Å². The fraction of sp³-hybridized carbons (Fsp3) is 0. The Morgan fingerprint density at radius 3 is 1.11 bits per heavy atom.